The van der Waals surface area contributed by atoms with Crippen LogP contribution in [0, 0.1) is 0 Å². The quantitative estimate of drug-likeness (QED) is 0.581. The Morgan fingerprint density at radius 2 is 1.85 bits per heavy atom. The third kappa shape index (κ3) is 5.06. The average molecular weight is 376 g/mol. The van der Waals surface area contributed by atoms with Crippen LogP contribution in [-0.2, 0) is 10.0 Å². The van der Waals surface area contributed by atoms with Gasteiger partial charge in [-0.1, -0.05) is 43.7 Å². The predicted octanol–water partition coefficient (Wildman–Crippen LogP) is 3.64. The van der Waals surface area contributed by atoms with Crippen LogP contribution in [0.2, 0.25) is 0 Å². The van der Waals surface area contributed by atoms with E-state index in [0.29, 0.717) is 12.2 Å². The first-order chi connectivity index (χ1) is 12.3. The van der Waals surface area contributed by atoms with Crippen LogP contribution in [0.1, 0.15) is 48.7 Å². The molecule has 26 heavy (non-hydrogen) atoms. The van der Waals surface area contributed by atoms with Gasteiger partial charge in [-0.2, -0.15) is 0 Å². The standard InChI is InChI=1S/C19H24N2O4S/c1-3-4-12-20-18-11-10-16(13-17(18)19(22)23)26(24,25)21-14(2)15-8-6-5-7-9-15/h5-11,13-14,20-21H,3-4,12H2,1-2H3,(H,22,23)/t14-/m1/s1. The number of carboxylic acid groups (broad SMARTS) is 1. The van der Waals surface area contributed by atoms with Gasteiger partial charge in [0.25, 0.3) is 0 Å². The number of hydrogen-bond donors (Lipinski definition) is 3. The second-order valence-corrected chi connectivity index (χ2v) is 7.76. The van der Waals surface area contributed by atoms with E-state index < -0.39 is 22.0 Å². The summed E-state index contributed by atoms with van der Waals surface area (Å²) in [5, 5.41) is 12.5. The molecule has 2 aromatic carbocycles. The van der Waals surface area contributed by atoms with E-state index in [1.54, 1.807) is 6.92 Å². The summed E-state index contributed by atoms with van der Waals surface area (Å²) in [5.41, 5.74) is 1.18. The van der Waals surface area contributed by atoms with E-state index in [1.807, 2.05) is 37.3 Å². The molecule has 2 rings (SSSR count). The molecule has 0 saturated carbocycles. The molecule has 0 amide bonds. The largest absolute Gasteiger partial charge is 0.478 e. The second kappa shape index (κ2) is 8.82. The lowest BCUT2D eigenvalue weighted by Gasteiger charge is -2.16. The first-order valence-corrected chi connectivity index (χ1v) is 10.0. The number of unbranched alkanes of at least 4 members (excludes halogenated alkanes) is 1. The van der Waals surface area contributed by atoms with E-state index in [0.717, 1.165) is 18.4 Å². The van der Waals surface area contributed by atoms with Crippen LogP contribution in [0.5, 0.6) is 0 Å². The van der Waals surface area contributed by atoms with E-state index in [4.69, 9.17) is 0 Å². The van der Waals surface area contributed by atoms with Crippen molar-refractivity contribution in [1.82, 2.24) is 4.72 Å². The molecular formula is C19H24N2O4S. The van der Waals surface area contributed by atoms with Crippen LogP contribution in [0.25, 0.3) is 0 Å². The van der Waals surface area contributed by atoms with Crippen LogP contribution < -0.4 is 10.0 Å². The molecule has 0 saturated heterocycles. The van der Waals surface area contributed by atoms with Crippen molar-refractivity contribution >= 4 is 21.7 Å². The zero-order valence-corrected chi connectivity index (χ0v) is 15.7. The maximum atomic E-state index is 12.6. The molecule has 7 heteroatoms. The van der Waals surface area contributed by atoms with Gasteiger partial charge in [0.15, 0.2) is 0 Å². The average Bonchev–Trinajstić information content (AvgIpc) is 2.62. The van der Waals surface area contributed by atoms with Crippen LogP contribution >= 0.6 is 0 Å². The van der Waals surface area contributed by atoms with Crippen molar-refractivity contribution in [3.63, 3.8) is 0 Å². The Hall–Kier alpha value is -2.38. The normalized spacial score (nSPS) is 12.5. The van der Waals surface area contributed by atoms with Crippen molar-refractivity contribution in [1.29, 1.82) is 0 Å². The zero-order chi connectivity index (χ0) is 19.2. The molecule has 3 N–H and O–H groups in total. The number of nitrogens with one attached hydrogen (secondary N) is 2. The first-order valence-electron chi connectivity index (χ1n) is 8.53. The minimum Gasteiger partial charge on any atom is -0.478 e. The van der Waals surface area contributed by atoms with E-state index in [1.165, 1.54) is 18.2 Å². The van der Waals surface area contributed by atoms with Crippen LogP contribution in [0.3, 0.4) is 0 Å². The molecular weight excluding hydrogens is 352 g/mol. The van der Waals surface area contributed by atoms with Gasteiger partial charge < -0.3 is 10.4 Å². The summed E-state index contributed by atoms with van der Waals surface area (Å²) in [7, 11) is -3.85. The van der Waals surface area contributed by atoms with Gasteiger partial charge in [-0.05, 0) is 37.1 Å². The third-order valence-electron chi connectivity index (χ3n) is 4.01. The number of hydrogen-bond acceptors (Lipinski definition) is 4. The SMILES string of the molecule is CCCCNc1ccc(S(=O)(=O)N[C@H](C)c2ccccc2)cc1C(=O)O. The first kappa shape index (κ1) is 19.9. The summed E-state index contributed by atoms with van der Waals surface area (Å²) in [6.07, 6.45) is 1.87. The Kier molecular flexibility index (Phi) is 6.76. The van der Waals surface area contributed by atoms with Gasteiger partial charge in [0.05, 0.1) is 10.5 Å². The Morgan fingerprint density at radius 1 is 1.15 bits per heavy atom. The maximum Gasteiger partial charge on any atom is 0.337 e. The summed E-state index contributed by atoms with van der Waals surface area (Å²) < 4.78 is 27.9. The van der Waals surface area contributed by atoms with Gasteiger partial charge in [0.2, 0.25) is 10.0 Å². The predicted molar refractivity (Wildman–Crippen MR) is 102 cm³/mol. The molecule has 0 aromatic heterocycles. The number of sulfonamides is 1. The Bertz CT molecular complexity index is 851. The molecule has 0 fully saturated rings. The topological polar surface area (TPSA) is 95.5 Å². The Morgan fingerprint density at radius 3 is 2.46 bits per heavy atom. The lowest BCUT2D eigenvalue weighted by Crippen LogP contribution is -2.27. The molecule has 0 unspecified atom stereocenters. The van der Waals surface area contributed by atoms with Gasteiger partial charge in [0.1, 0.15) is 0 Å². The fourth-order valence-corrected chi connectivity index (χ4v) is 3.79. The molecule has 0 aliphatic rings. The monoisotopic (exact) mass is 376 g/mol. The van der Waals surface area contributed by atoms with E-state index in [2.05, 4.69) is 10.0 Å². The van der Waals surface area contributed by atoms with Crippen molar-refractivity contribution < 1.29 is 18.3 Å². The Balaban J connectivity index is 2.25. The van der Waals surface area contributed by atoms with Crippen molar-refractivity contribution in [2.45, 2.75) is 37.6 Å². The molecule has 0 aliphatic carbocycles. The highest BCUT2D eigenvalue weighted by Crippen LogP contribution is 2.23. The molecule has 2 aromatic rings. The number of benzene rings is 2. The van der Waals surface area contributed by atoms with Crippen LogP contribution in [0.4, 0.5) is 5.69 Å². The lowest BCUT2D eigenvalue weighted by molar-refractivity contribution is 0.0697. The highest BCUT2D eigenvalue weighted by Gasteiger charge is 2.21. The number of anilines is 1. The summed E-state index contributed by atoms with van der Waals surface area (Å²) in [6, 6.07) is 12.9. The highest BCUT2D eigenvalue weighted by molar-refractivity contribution is 7.89. The third-order valence-corrected chi connectivity index (χ3v) is 5.55. The van der Waals surface area contributed by atoms with Gasteiger partial charge in [0, 0.05) is 18.3 Å². The summed E-state index contributed by atoms with van der Waals surface area (Å²) in [5.74, 6) is -1.17. The molecule has 6 nitrogen and oxygen atoms in total. The molecule has 0 bridgehead atoms. The van der Waals surface area contributed by atoms with Crippen molar-refractivity contribution in [3.8, 4) is 0 Å². The van der Waals surface area contributed by atoms with Crippen molar-refractivity contribution in [3.05, 3.63) is 59.7 Å². The molecule has 0 radical (unpaired) electrons. The maximum absolute atomic E-state index is 12.6. The number of carboxylic acids is 1. The number of aromatic carboxylic acids is 1. The lowest BCUT2D eigenvalue weighted by atomic mass is 10.1. The van der Waals surface area contributed by atoms with Gasteiger partial charge in [-0.15, -0.1) is 0 Å². The highest BCUT2D eigenvalue weighted by atomic mass is 32.2. The fraction of sp³-hybridized carbons (Fsp3) is 0.316. The minimum atomic E-state index is -3.85. The Labute approximate surface area is 154 Å². The molecule has 1 atom stereocenters. The van der Waals surface area contributed by atoms with Gasteiger partial charge in [-0.25, -0.2) is 17.9 Å². The van der Waals surface area contributed by atoms with Crippen LogP contribution in [-0.4, -0.2) is 26.0 Å². The minimum absolute atomic E-state index is 0.0589. The smallest absolute Gasteiger partial charge is 0.337 e. The van der Waals surface area contributed by atoms with Gasteiger partial charge >= 0.3 is 5.97 Å². The molecule has 0 aliphatic heterocycles. The van der Waals surface area contributed by atoms with Crippen LogP contribution in [0.15, 0.2) is 53.4 Å². The summed E-state index contributed by atoms with van der Waals surface area (Å²) in [4.78, 5) is 11.5. The fourth-order valence-electron chi connectivity index (χ4n) is 2.53. The molecule has 140 valence electrons. The number of carbonyl (C=O) groups is 1. The van der Waals surface area contributed by atoms with Gasteiger partial charge in [-0.3, -0.25) is 0 Å². The van der Waals surface area contributed by atoms with Crippen molar-refractivity contribution in [2.24, 2.45) is 0 Å². The summed E-state index contributed by atoms with van der Waals surface area (Å²) in [6.45, 7) is 4.41. The van der Waals surface area contributed by atoms with E-state index >= 15 is 0 Å². The van der Waals surface area contributed by atoms with E-state index in [9.17, 15) is 18.3 Å². The number of rotatable bonds is 9. The van der Waals surface area contributed by atoms with E-state index in [-0.39, 0.29) is 10.5 Å². The summed E-state index contributed by atoms with van der Waals surface area (Å²) >= 11 is 0. The second-order valence-electron chi connectivity index (χ2n) is 6.05. The molecule has 0 heterocycles. The van der Waals surface area contributed by atoms with Crippen molar-refractivity contribution in [2.75, 3.05) is 11.9 Å². The molecule has 0 spiro atoms. The zero-order valence-electron chi connectivity index (χ0n) is 14.9.